The Balaban J connectivity index is 1.66. The molecule has 26 heavy (non-hydrogen) atoms. The Morgan fingerprint density at radius 2 is 1.50 bits per heavy atom. The van der Waals surface area contributed by atoms with E-state index in [2.05, 4.69) is 11.4 Å². The second-order valence-electron chi connectivity index (χ2n) is 6.13. The van der Waals surface area contributed by atoms with Gasteiger partial charge in [0.2, 0.25) is 5.91 Å². The maximum atomic E-state index is 13.1. The Morgan fingerprint density at radius 1 is 0.923 bits per heavy atom. The van der Waals surface area contributed by atoms with E-state index >= 15 is 0 Å². The number of anilines is 1. The average Bonchev–Trinajstić information content (AvgIpc) is 2.67. The van der Waals surface area contributed by atoms with Crippen molar-refractivity contribution in [3.8, 4) is 17.6 Å². The minimum atomic E-state index is -0.435. The fraction of sp³-hybridized carbons (Fsp3) is 0.0909. The van der Waals surface area contributed by atoms with Crippen LogP contribution in [0.25, 0.3) is 0 Å². The second kappa shape index (κ2) is 6.73. The molecule has 3 aromatic carbocycles. The number of amides is 1. The summed E-state index contributed by atoms with van der Waals surface area (Å²) in [5.74, 6) is 0.864. The van der Waals surface area contributed by atoms with Crippen LogP contribution in [0.4, 0.5) is 5.69 Å². The highest BCUT2D eigenvalue weighted by Gasteiger charge is 2.32. The summed E-state index contributed by atoms with van der Waals surface area (Å²) in [6.45, 7) is 0. The summed E-state index contributed by atoms with van der Waals surface area (Å²) in [5, 5.41) is 11.7. The number of carbonyl (C=O) groups is 1. The zero-order chi connectivity index (χ0) is 17.9. The molecule has 1 heterocycles. The third-order valence-electron chi connectivity index (χ3n) is 4.45. The van der Waals surface area contributed by atoms with Gasteiger partial charge in [0.1, 0.15) is 11.5 Å². The van der Waals surface area contributed by atoms with Gasteiger partial charge in [-0.15, -0.1) is 0 Å². The number of hydrogen-bond donors (Lipinski definition) is 1. The van der Waals surface area contributed by atoms with Crippen molar-refractivity contribution in [3.05, 3.63) is 89.5 Å². The molecule has 3 aromatic rings. The van der Waals surface area contributed by atoms with Gasteiger partial charge in [-0.3, -0.25) is 4.79 Å². The number of rotatable bonds is 3. The predicted octanol–water partition coefficient (Wildman–Crippen LogP) is 4.63. The zero-order valence-corrected chi connectivity index (χ0v) is 14.0. The molecule has 0 aromatic heterocycles. The summed E-state index contributed by atoms with van der Waals surface area (Å²) in [5.41, 5.74) is 3.33. The molecule has 4 heteroatoms. The van der Waals surface area contributed by atoms with E-state index in [1.165, 1.54) is 0 Å². The first-order chi connectivity index (χ1) is 12.8. The van der Waals surface area contributed by atoms with Gasteiger partial charge >= 0.3 is 0 Å². The third-order valence-corrected chi connectivity index (χ3v) is 4.45. The van der Waals surface area contributed by atoms with E-state index in [0.717, 1.165) is 16.7 Å². The lowest BCUT2D eigenvalue weighted by molar-refractivity contribution is -0.116. The number of nitrogens with one attached hydrogen (secondary N) is 1. The fourth-order valence-corrected chi connectivity index (χ4v) is 3.20. The molecule has 0 atom stereocenters. The van der Waals surface area contributed by atoms with Crippen LogP contribution in [0.3, 0.4) is 0 Å². The Morgan fingerprint density at radius 3 is 2.08 bits per heavy atom. The molecule has 0 radical (unpaired) electrons. The van der Waals surface area contributed by atoms with Crippen molar-refractivity contribution in [1.82, 2.24) is 0 Å². The number of para-hydroxylation sites is 2. The van der Waals surface area contributed by atoms with Gasteiger partial charge < -0.3 is 10.1 Å². The van der Waals surface area contributed by atoms with E-state index in [1.807, 2.05) is 72.8 Å². The number of nitriles is 1. The number of benzene rings is 3. The second-order valence-corrected chi connectivity index (χ2v) is 6.13. The minimum Gasteiger partial charge on any atom is -0.457 e. The highest BCUT2D eigenvalue weighted by atomic mass is 16.5. The van der Waals surface area contributed by atoms with E-state index in [1.54, 1.807) is 0 Å². The van der Waals surface area contributed by atoms with Crippen molar-refractivity contribution >= 4 is 11.6 Å². The third kappa shape index (κ3) is 2.91. The fourth-order valence-electron chi connectivity index (χ4n) is 3.20. The van der Waals surface area contributed by atoms with Gasteiger partial charge in [0.05, 0.1) is 18.4 Å². The molecule has 1 aliphatic rings. The highest BCUT2D eigenvalue weighted by molar-refractivity contribution is 5.99. The standard InChI is InChI=1S/C22H16N2O2/c23-14-13-15-9-11-16(12-10-15)24-22(25)21-17-5-1-3-7-19(17)26-20-8-4-2-6-18(20)21/h1-12,21H,13H2,(H,24,25). The van der Waals surface area contributed by atoms with E-state index in [9.17, 15) is 4.79 Å². The average molecular weight is 340 g/mol. The van der Waals surface area contributed by atoms with E-state index in [4.69, 9.17) is 10.00 Å². The quantitative estimate of drug-likeness (QED) is 0.756. The topological polar surface area (TPSA) is 62.1 Å². The van der Waals surface area contributed by atoms with Gasteiger partial charge in [-0.1, -0.05) is 48.5 Å². The monoisotopic (exact) mass is 340 g/mol. The summed E-state index contributed by atoms with van der Waals surface area (Å²) >= 11 is 0. The molecule has 1 amide bonds. The lowest BCUT2D eigenvalue weighted by atomic mass is 9.87. The Hall–Kier alpha value is -3.58. The molecule has 4 rings (SSSR count). The van der Waals surface area contributed by atoms with Crippen molar-refractivity contribution in [2.24, 2.45) is 0 Å². The SMILES string of the molecule is N#CCc1ccc(NC(=O)C2c3ccccc3Oc3ccccc32)cc1. The molecule has 0 aliphatic carbocycles. The maximum absolute atomic E-state index is 13.1. The summed E-state index contributed by atoms with van der Waals surface area (Å²) in [7, 11) is 0. The molecule has 0 unspecified atom stereocenters. The van der Waals surface area contributed by atoms with Gasteiger partial charge in [0, 0.05) is 16.8 Å². The van der Waals surface area contributed by atoms with E-state index < -0.39 is 5.92 Å². The predicted molar refractivity (Wildman–Crippen MR) is 99.2 cm³/mol. The van der Waals surface area contributed by atoms with Gasteiger partial charge in [-0.25, -0.2) is 0 Å². The molecule has 0 saturated heterocycles. The lowest BCUT2D eigenvalue weighted by Crippen LogP contribution is -2.25. The van der Waals surface area contributed by atoms with Crippen molar-refractivity contribution in [2.45, 2.75) is 12.3 Å². The largest absolute Gasteiger partial charge is 0.457 e. The van der Waals surface area contributed by atoms with Gasteiger partial charge in [-0.2, -0.15) is 5.26 Å². The van der Waals surface area contributed by atoms with Crippen LogP contribution in [0.15, 0.2) is 72.8 Å². The lowest BCUT2D eigenvalue weighted by Gasteiger charge is -2.27. The number of ether oxygens (including phenoxy) is 1. The van der Waals surface area contributed by atoms with Crippen LogP contribution in [-0.4, -0.2) is 5.91 Å². The normalized spacial score (nSPS) is 12.3. The molecular formula is C22H16N2O2. The van der Waals surface area contributed by atoms with Crippen molar-refractivity contribution in [3.63, 3.8) is 0 Å². The van der Waals surface area contributed by atoms with Crippen LogP contribution >= 0.6 is 0 Å². The van der Waals surface area contributed by atoms with E-state index in [-0.39, 0.29) is 5.91 Å². The molecule has 4 nitrogen and oxygen atoms in total. The first-order valence-corrected chi connectivity index (χ1v) is 8.39. The van der Waals surface area contributed by atoms with Crippen LogP contribution in [-0.2, 0) is 11.2 Å². The molecule has 1 aliphatic heterocycles. The van der Waals surface area contributed by atoms with Crippen molar-refractivity contribution in [2.75, 3.05) is 5.32 Å². The van der Waals surface area contributed by atoms with Crippen LogP contribution in [0, 0.1) is 11.3 Å². The molecule has 0 saturated carbocycles. The molecule has 0 fully saturated rings. The van der Waals surface area contributed by atoms with Crippen molar-refractivity contribution < 1.29 is 9.53 Å². The summed E-state index contributed by atoms with van der Waals surface area (Å²) in [6, 6.07) is 24.7. The molecule has 126 valence electrons. The Kier molecular flexibility index (Phi) is 4.12. The first-order valence-electron chi connectivity index (χ1n) is 8.39. The molecule has 0 spiro atoms. The van der Waals surface area contributed by atoms with Gasteiger partial charge in [0.25, 0.3) is 0 Å². The highest BCUT2D eigenvalue weighted by Crippen LogP contribution is 2.44. The van der Waals surface area contributed by atoms with Crippen molar-refractivity contribution in [1.29, 1.82) is 5.26 Å². The zero-order valence-electron chi connectivity index (χ0n) is 14.0. The Labute approximate surface area is 151 Å². The van der Waals surface area contributed by atoms with Crippen LogP contribution in [0.1, 0.15) is 22.6 Å². The van der Waals surface area contributed by atoms with E-state index in [0.29, 0.717) is 23.6 Å². The number of carbonyl (C=O) groups excluding carboxylic acids is 1. The van der Waals surface area contributed by atoms with Gasteiger partial charge in [-0.05, 0) is 29.8 Å². The summed E-state index contributed by atoms with van der Waals surface area (Å²) in [6.07, 6.45) is 0.356. The first kappa shape index (κ1) is 15.9. The van der Waals surface area contributed by atoms with Crippen LogP contribution < -0.4 is 10.1 Å². The smallest absolute Gasteiger partial charge is 0.236 e. The number of nitrogens with zero attached hydrogens (tertiary/aromatic N) is 1. The van der Waals surface area contributed by atoms with Gasteiger partial charge in [0.15, 0.2) is 0 Å². The van der Waals surface area contributed by atoms with Crippen LogP contribution in [0.2, 0.25) is 0 Å². The molecule has 0 bridgehead atoms. The number of fused-ring (bicyclic) bond motifs is 2. The Bertz CT molecular complexity index is 958. The summed E-state index contributed by atoms with van der Waals surface area (Å²) < 4.78 is 5.94. The maximum Gasteiger partial charge on any atom is 0.236 e. The summed E-state index contributed by atoms with van der Waals surface area (Å²) in [4.78, 5) is 13.1. The number of hydrogen-bond acceptors (Lipinski definition) is 3. The van der Waals surface area contributed by atoms with Crippen LogP contribution in [0.5, 0.6) is 11.5 Å². The molecule has 1 N–H and O–H groups in total. The minimum absolute atomic E-state index is 0.110. The molecular weight excluding hydrogens is 324 g/mol.